The first kappa shape index (κ1) is 20.8. The van der Waals surface area contributed by atoms with Gasteiger partial charge < -0.3 is 14.9 Å². The van der Waals surface area contributed by atoms with E-state index >= 15 is 0 Å². The Morgan fingerprint density at radius 3 is 2.48 bits per heavy atom. The number of carbonyl (C=O) groups excluding carboxylic acids is 2. The monoisotopic (exact) mass is 415 g/mol. The molecule has 1 aromatic heterocycles. The molecule has 6 heteroatoms. The van der Waals surface area contributed by atoms with E-state index < -0.39 is 17.7 Å². The normalized spacial score (nSPS) is 18.3. The third-order valence-electron chi connectivity index (χ3n) is 5.61. The average Bonchev–Trinajstić information content (AvgIpc) is 3.03. The number of fused-ring (bicyclic) bond motifs is 1. The zero-order chi connectivity index (χ0) is 22.0. The molecule has 1 N–H and O–H groups in total. The smallest absolute Gasteiger partial charge is 0.295 e. The number of hydrogen-bond donors (Lipinski definition) is 1. The predicted octanol–water partition coefficient (Wildman–Crippen LogP) is 3.61. The molecule has 6 nitrogen and oxygen atoms in total. The molecule has 1 unspecified atom stereocenters. The summed E-state index contributed by atoms with van der Waals surface area (Å²) < 4.78 is 0. The summed E-state index contributed by atoms with van der Waals surface area (Å²) in [5.41, 5.74) is 1.42. The second kappa shape index (κ2) is 8.70. The molecule has 1 aliphatic heterocycles. The Balaban J connectivity index is 1.85. The molecule has 1 saturated heterocycles. The molecule has 1 aliphatic rings. The first-order chi connectivity index (χ1) is 15.0. The number of aliphatic hydroxyl groups is 1. The maximum atomic E-state index is 13.1. The first-order valence-electron chi connectivity index (χ1n) is 10.3. The number of Topliss-reactive ketones (excluding diaryl/α,β-unsaturated/α-hetero) is 1. The summed E-state index contributed by atoms with van der Waals surface area (Å²) in [6.07, 6.45) is 3.98. The molecule has 0 aliphatic carbocycles. The van der Waals surface area contributed by atoms with Gasteiger partial charge in [0.15, 0.2) is 0 Å². The van der Waals surface area contributed by atoms with Gasteiger partial charge in [0.1, 0.15) is 5.76 Å². The predicted molar refractivity (Wildman–Crippen MR) is 120 cm³/mol. The molecule has 0 radical (unpaired) electrons. The number of nitrogens with zero attached hydrogens (tertiary/aromatic N) is 3. The van der Waals surface area contributed by atoms with E-state index in [-0.39, 0.29) is 11.3 Å². The van der Waals surface area contributed by atoms with Crippen LogP contribution in [0.5, 0.6) is 0 Å². The van der Waals surface area contributed by atoms with Crippen molar-refractivity contribution < 1.29 is 14.7 Å². The standard InChI is InChI=1S/C25H25N3O3/c1-27(2)15-6-16-28-22(18-11-13-26-14-12-18)21(24(30)25(28)31)23(29)20-10-5-8-17-7-3-4-9-19(17)20/h3-5,7-14,22,29H,6,15-16H2,1-2H3/b23-21-. The molecule has 0 bridgehead atoms. The van der Waals surface area contributed by atoms with Crippen molar-refractivity contribution in [2.24, 2.45) is 0 Å². The molecule has 4 rings (SSSR count). The second-order valence-electron chi connectivity index (χ2n) is 7.96. The van der Waals surface area contributed by atoms with E-state index in [0.717, 1.165) is 29.3 Å². The van der Waals surface area contributed by atoms with Gasteiger partial charge in [0.2, 0.25) is 0 Å². The van der Waals surface area contributed by atoms with Gasteiger partial charge in [-0.2, -0.15) is 0 Å². The van der Waals surface area contributed by atoms with Crippen molar-refractivity contribution in [1.82, 2.24) is 14.8 Å². The van der Waals surface area contributed by atoms with E-state index in [1.54, 1.807) is 35.5 Å². The fraction of sp³-hybridized carbons (Fsp3) is 0.240. The van der Waals surface area contributed by atoms with Gasteiger partial charge in [0.25, 0.3) is 11.7 Å². The van der Waals surface area contributed by atoms with Crippen LogP contribution < -0.4 is 0 Å². The van der Waals surface area contributed by atoms with Gasteiger partial charge in [-0.15, -0.1) is 0 Å². The van der Waals surface area contributed by atoms with E-state index in [2.05, 4.69) is 4.98 Å². The number of likely N-dealkylation sites (tertiary alicyclic amines) is 1. The third-order valence-corrected chi connectivity index (χ3v) is 5.61. The summed E-state index contributed by atoms with van der Waals surface area (Å²) in [4.78, 5) is 33.8. The molecule has 0 spiro atoms. The highest BCUT2D eigenvalue weighted by atomic mass is 16.3. The minimum atomic E-state index is -0.655. The number of ketones is 1. The lowest BCUT2D eigenvalue weighted by Crippen LogP contribution is -2.32. The molecule has 1 atom stereocenters. The fourth-order valence-electron chi connectivity index (χ4n) is 4.14. The van der Waals surface area contributed by atoms with Gasteiger partial charge in [0, 0.05) is 24.5 Å². The van der Waals surface area contributed by atoms with Crippen LogP contribution in [0, 0.1) is 0 Å². The molecule has 2 aromatic carbocycles. The molecule has 0 saturated carbocycles. The molecular formula is C25H25N3O3. The number of hydrogen-bond acceptors (Lipinski definition) is 5. The number of aliphatic hydroxyl groups excluding tert-OH is 1. The Labute approximate surface area is 181 Å². The Morgan fingerprint density at radius 1 is 1.03 bits per heavy atom. The van der Waals surface area contributed by atoms with Crippen LogP contribution >= 0.6 is 0 Å². The van der Waals surface area contributed by atoms with Gasteiger partial charge >= 0.3 is 0 Å². The number of benzene rings is 2. The largest absolute Gasteiger partial charge is 0.507 e. The van der Waals surface area contributed by atoms with Gasteiger partial charge in [-0.3, -0.25) is 14.6 Å². The molecule has 3 aromatic rings. The maximum absolute atomic E-state index is 13.1. The summed E-state index contributed by atoms with van der Waals surface area (Å²) in [5, 5.41) is 13.1. The average molecular weight is 415 g/mol. The lowest BCUT2D eigenvalue weighted by molar-refractivity contribution is -0.139. The Morgan fingerprint density at radius 2 is 1.74 bits per heavy atom. The Bertz CT molecular complexity index is 1150. The van der Waals surface area contributed by atoms with Crippen molar-refractivity contribution in [3.05, 3.63) is 83.7 Å². The summed E-state index contributed by atoms with van der Waals surface area (Å²) in [6.45, 7) is 1.21. The lowest BCUT2D eigenvalue weighted by atomic mass is 9.94. The van der Waals surface area contributed by atoms with Crippen molar-refractivity contribution in [1.29, 1.82) is 0 Å². The number of aromatic nitrogens is 1. The second-order valence-corrected chi connectivity index (χ2v) is 7.96. The van der Waals surface area contributed by atoms with Crippen LogP contribution in [0.15, 0.2) is 72.6 Å². The summed E-state index contributed by atoms with van der Waals surface area (Å²) in [5.74, 6) is -1.38. The topological polar surface area (TPSA) is 73.7 Å². The SMILES string of the molecule is CN(C)CCCN1C(=O)C(=O)/C(=C(\O)c2cccc3ccccc23)C1c1ccncc1. The van der Waals surface area contributed by atoms with Crippen molar-refractivity contribution in [2.75, 3.05) is 27.2 Å². The van der Waals surface area contributed by atoms with Crippen LogP contribution in [-0.4, -0.2) is 58.8 Å². The minimum Gasteiger partial charge on any atom is -0.507 e. The van der Waals surface area contributed by atoms with Crippen LogP contribution in [0.3, 0.4) is 0 Å². The molecule has 158 valence electrons. The van der Waals surface area contributed by atoms with E-state index in [1.165, 1.54) is 0 Å². The van der Waals surface area contributed by atoms with Gasteiger partial charge in [0.05, 0.1) is 11.6 Å². The number of carbonyl (C=O) groups is 2. The van der Waals surface area contributed by atoms with Gasteiger partial charge in [-0.1, -0.05) is 42.5 Å². The summed E-state index contributed by atoms with van der Waals surface area (Å²) >= 11 is 0. The summed E-state index contributed by atoms with van der Waals surface area (Å²) in [6, 6.07) is 16.2. The Kier molecular flexibility index (Phi) is 5.82. The number of rotatable bonds is 6. The van der Waals surface area contributed by atoms with Crippen molar-refractivity contribution in [2.45, 2.75) is 12.5 Å². The van der Waals surface area contributed by atoms with Crippen LogP contribution in [0.4, 0.5) is 0 Å². The maximum Gasteiger partial charge on any atom is 0.295 e. The van der Waals surface area contributed by atoms with E-state index in [9.17, 15) is 14.7 Å². The Hall–Kier alpha value is -3.51. The van der Waals surface area contributed by atoms with E-state index in [1.807, 2.05) is 55.4 Å². The highest BCUT2D eigenvalue weighted by molar-refractivity contribution is 6.46. The van der Waals surface area contributed by atoms with Crippen molar-refractivity contribution in [3.63, 3.8) is 0 Å². The summed E-state index contributed by atoms with van der Waals surface area (Å²) in [7, 11) is 3.93. The quantitative estimate of drug-likeness (QED) is 0.378. The lowest BCUT2D eigenvalue weighted by Gasteiger charge is -2.25. The van der Waals surface area contributed by atoms with Crippen molar-refractivity contribution >= 4 is 28.2 Å². The van der Waals surface area contributed by atoms with Crippen LogP contribution in [0.25, 0.3) is 16.5 Å². The van der Waals surface area contributed by atoms with E-state index in [0.29, 0.717) is 12.1 Å². The third kappa shape index (κ3) is 3.94. The molecule has 1 amide bonds. The van der Waals surface area contributed by atoms with Gasteiger partial charge in [-0.25, -0.2) is 0 Å². The molecule has 1 fully saturated rings. The molecular weight excluding hydrogens is 390 g/mol. The highest BCUT2D eigenvalue weighted by Crippen LogP contribution is 2.40. The molecule has 31 heavy (non-hydrogen) atoms. The zero-order valence-electron chi connectivity index (χ0n) is 17.7. The van der Waals surface area contributed by atoms with Crippen molar-refractivity contribution in [3.8, 4) is 0 Å². The molecule has 2 heterocycles. The number of amides is 1. The minimum absolute atomic E-state index is 0.123. The fourth-order valence-corrected chi connectivity index (χ4v) is 4.14. The van der Waals surface area contributed by atoms with Crippen LogP contribution in [0.2, 0.25) is 0 Å². The van der Waals surface area contributed by atoms with Gasteiger partial charge in [-0.05, 0) is 55.5 Å². The zero-order valence-corrected chi connectivity index (χ0v) is 17.7. The van der Waals surface area contributed by atoms with Crippen LogP contribution in [-0.2, 0) is 9.59 Å². The van der Waals surface area contributed by atoms with Crippen LogP contribution in [0.1, 0.15) is 23.6 Å². The van der Waals surface area contributed by atoms with E-state index in [4.69, 9.17) is 0 Å². The highest BCUT2D eigenvalue weighted by Gasteiger charge is 2.45. The number of pyridine rings is 1. The first-order valence-corrected chi connectivity index (χ1v) is 10.3.